The maximum Gasteiger partial charge on any atom is 0.287 e. The van der Waals surface area contributed by atoms with Gasteiger partial charge in [-0.1, -0.05) is 0 Å². The summed E-state index contributed by atoms with van der Waals surface area (Å²) < 4.78 is 10.9. The average Bonchev–Trinajstić information content (AvgIpc) is 2.80. The van der Waals surface area contributed by atoms with Crippen LogP contribution in [0.2, 0.25) is 0 Å². The number of ether oxygens (including phenoxy) is 2. The Kier molecular flexibility index (Phi) is 6.65. The second-order valence-corrected chi connectivity index (χ2v) is 6.13. The Bertz CT molecular complexity index is 1180. The summed E-state index contributed by atoms with van der Waals surface area (Å²) in [5.74, 6) is 0.273. The first kappa shape index (κ1) is 21.8. The minimum absolute atomic E-state index is 0.122. The van der Waals surface area contributed by atoms with Gasteiger partial charge >= 0.3 is 0 Å². The van der Waals surface area contributed by atoms with Crippen LogP contribution in [0.4, 0.5) is 11.4 Å². The number of hydrogen-bond donors (Lipinski definition) is 1. The van der Waals surface area contributed by atoms with Gasteiger partial charge in [-0.25, -0.2) is 10.4 Å². The molecule has 0 spiro atoms. The first-order valence-corrected chi connectivity index (χ1v) is 8.91. The van der Waals surface area contributed by atoms with Crippen molar-refractivity contribution in [2.45, 2.75) is 0 Å². The number of nitrogens with zero attached hydrogens (tertiary/aromatic N) is 4. The van der Waals surface area contributed by atoms with E-state index in [4.69, 9.17) is 9.47 Å². The van der Waals surface area contributed by atoms with Gasteiger partial charge in [0.05, 0.1) is 23.2 Å². The van der Waals surface area contributed by atoms with Gasteiger partial charge in [0, 0.05) is 29.8 Å². The molecule has 12 nitrogen and oxygen atoms in total. The third-order valence-corrected chi connectivity index (χ3v) is 4.05. The average molecular weight is 437 g/mol. The van der Waals surface area contributed by atoms with Gasteiger partial charge in [0.25, 0.3) is 17.3 Å². The maximum atomic E-state index is 12.1. The first-order chi connectivity index (χ1) is 15.4. The summed E-state index contributed by atoms with van der Waals surface area (Å²) in [6.45, 7) is 0. The highest BCUT2D eigenvalue weighted by atomic mass is 16.6. The Hall–Kier alpha value is -4.87. The van der Waals surface area contributed by atoms with Crippen LogP contribution in [0.3, 0.4) is 0 Å². The number of nitro groups is 2. The van der Waals surface area contributed by atoms with Crippen LogP contribution in [0.1, 0.15) is 15.9 Å². The van der Waals surface area contributed by atoms with Crippen molar-refractivity contribution in [1.29, 1.82) is 0 Å². The molecule has 0 saturated carbocycles. The summed E-state index contributed by atoms with van der Waals surface area (Å²) in [6, 6.07) is 12.6. The normalized spacial score (nSPS) is 10.5. The molecular formula is C20H15N5O7. The van der Waals surface area contributed by atoms with E-state index in [1.807, 2.05) is 0 Å². The number of carbonyl (C=O) groups is 1. The lowest BCUT2D eigenvalue weighted by Crippen LogP contribution is -2.17. The van der Waals surface area contributed by atoms with E-state index in [0.717, 1.165) is 6.20 Å². The molecule has 32 heavy (non-hydrogen) atoms. The van der Waals surface area contributed by atoms with Gasteiger partial charge in [0.1, 0.15) is 6.20 Å². The fourth-order valence-corrected chi connectivity index (χ4v) is 2.47. The number of nitrogens with one attached hydrogen (secondary N) is 1. The van der Waals surface area contributed by atoms with Gasteiger partial charge < -0.3 is 9.47 Å². The molecule has 1 heterocycles. The number of aromatic nitrogens is 1. The number of carbonyl (C=O) groups excluding carboxylic acids is 1. The van der Waals surface area contributed by atoms with E-state index in [0.29, 0.717) is 17.1 Å². The summed E-state index contributed by atoms with van der Waals surface area (Å²) in [4.78, 5) is 36.2. The molecule has 0 aliphatic heterocycles. The summed E-state index contributed by atoms with van der Waals surface area (Å²) in [7, 11) is 1.43. The van der Waals surface area contributed by atoms with Crippen LogP contribution in [0.5, 0.6) is 17.4 Å². The molecule has 3 rings (SSSR count). The predicted octanol–water partition coefficient (Wildman–Crippen LogP) is 3.46. The number of amides is 1. The minimum Gasteiger partial charge on any atom is -0.493 e. The molecule has 1 aromatic heterocycles. The largest absolute Gasteiger partial charge is 0.493 e. The molecule has 0 atom stereocenters. The lowest BCUT2D eigenvalue weighted by Gasteiger charge is -2.10. The molecule has 12 heteroatoms. The van der Waals surface area contributed by atoms with Crippen molar-refractivity contribution in [3.05, 3.63) is 92.1 Å². The zero-order valence-electron chi connectivity index (χ0n) is 16.5. The highest BCUT2D eigenvalue weighted by molar-refractivity contribution is 5.95. The fourth-order valence-electron chi connectivity index (χ4n) is 2.47. The van der Waals surface area contributed by atoms with Crippen LogP contribution >= 0.6 is 0 Å². The molecule has 1 amide bonds. The molecule has 2 aromatic carbocycles. The van der Waals surface area contributed by atoms with Crippen LogP contribution < -0.4 is 14.9 Å². The molecule has 0 bridgehead atoms. The van der Waals surface area contributed by atoms with Crippen LogP contribution in [0.25, 0.3) is 0 Å². The molecule has 0 aliphatic carbocycles. The van der Waals surface area contributed by atoms with E-state index in [1.54, 1.807) is 18.2 Å². The molecular weight excluding hydrogens is 422 g/mol. The van der Waals surface area contributed by atoms with Crippen LogP contribution in [0.15, 0.2) is 65.9 Å². The summed E-state index contributed by atoms with van der Waals surface area (Å²) >= 11 is 0. The number of hydrazone groups is 1. The Morgan fingerprint density at radius 3 is 2.28 bits per heavy atom. The van der Waals surface area contributed by atoms with E-state index in [-0.39, 0.29) is 22.8 Å². The number of nitro benzene ring substituents is 1. The van der Waals surface area contributed by atoms with Crippen molar-refractivity contribution in [2.24, 2.45) is 5.10 Å². The quantitative estimate of drug-likeness (QED) is 0.318. The van der Waals surface area contributed by atoms with Crippen molar-refractivity contribution in [3.63, 3.8) is 0 Å². The third-order valence-electron chi connectivity index (χ3n) is 4.05. The summed E-state index contributed by atoms with van der Waals surface area (Å²) in [6.07, 6.45) is 2.45. The van der Waals surface area contributed by atoms with Crippen molar-refractivity contribution < 1.29 is 24.1 Å². The van der Waals surface area contributed by atoms with Crippen LogP contribution in [0, 0.1) is 20.2 Å². The van der Waals surface area contributed by atoms with Crippen LogP contribution in [-0.4, -0.2) is 34.1 Å². The lowest BCUT2D eigenvalue weighted by atomic mass is 10.2. The Morgan fingerprint density at radius 2 is 1.69 bits per heavy atom. The minimum atomic E-state index is -0.564. The van der Waals surface area contributed by atoms with Crippen molar-refractivity contribution in [2.75, 3.05) is 7.11 Å². The molecule has 3 aromatic rings. The Balaban J connectivity index is 1.65. The maximum absolute atomic E-state index is 12.1. The van der Waals surface area contributed by atoms with E-state index < -0.39 is 15.8 Å². The fraction of sp³-hybridized carbons (Fsp3) is 0.0500. The number of pyridine rings is 1. The zero-order chi connectivity index (χ0) is 23.1. The van der Waals surface area contributed by atoms with Gasteiger partial charge in [0.15, 0.2) is 11.5 Å². The second-order valence-electron chi connectivity index (χ2n) is 6.13. The number of non-ortho nitro benzene ring substituents is 1. The van der Waals surface area contributed by atoms with Crippen molar-refractivity contribution in [1.82, 2.24) is 10.4 Å². The standard InChI is InChI=1S/C20H15N5O7/c1-31-18-10-13(2-8-17(18)32-19-9-7-16(12-21-19)25(29)30)11-22-23-20(26)14-3-5-15(6-4-14)24(27)28/h2-12H,1H3,(H,23,26)/b22-11-. The van der Waals surface area contributed by atoms with Gasteiger partial charge in [-0.15, -0.1) is 0 Å². The van der Waals surface area contributed by atoms with Gasteiger partial charge in [0.2, 0.25) is 5.88 Å². The van der Waals surface area contributed by atoms with Crippen molar-refractivity contribution in [3.8, 4) is 17.4 Å². The third kappa shape index (κ3) is 5.38. The Morgan fingerprint density at radius 1 is 1.00 bits per heavy atom. The molecule has 0 aliphatic rings. The molecule has 0 unspecified atom stereocenters. The molecule has 1 N–H and O–H groups in total. The highest BCUT2D eigenvalue weighted by Gasteiger charge is 2.11. The van der Waals surface area contributed by atoms with E-state index in [9.17, 15) is 25.0 Å². The topological polar surface area (TPSA) is 159 Å². The zero-order valence-corrected chi connectivity index (χ0v) is 16.5. The predicted molar refractivity (Wildman–Crippen MR) is 112 cm³/mol. The van der Waals surface area contributed by atoms with Crippen molar-refractivity contribution >= 4 is 23.5 Å². The smallest absolute Gasteiger partial charge is 0.287 e. The summed E-state index contributed by atoms with van der Waals surface area (Å²) in [5.41, 5.74) is 2.83. The monoisotopic (exact) mass is 437 g/mol. The van der Waals surface area contributed by atoms with Gasteiger partial charge in [-0.3, -0.25) is 25.0 Å². The SMILES string of the molecule is COc1cc(/C=N\NC(=O)c2ccc([N+](=O)[O-])cc2)ccc1Oc1ccc([N+](=O)[O-])cn1. The van der Waals surface area contributed by atoms with E-state index in [2.05, 4.69) is 15.5 Å². The van der Waals surface area contributed by atoms with E-state index in [1.165, 1.54) is 49.7 Å². The number of methoxy groups -OCH3 is 1. The molecule has 0 radical (unpaired) electrons. The molecule has 0 fully saturated rings. The number of benzene rings is 2. The molecule has 0 saturated heterocycles. The molecule has 162 valence electrons. The van der Waals surface area contributed by atoms with E-state index >= 15 is 0 Å². The van der Waals surface area contributed by atoms with Gasteiger partial charge in [-0.05, 0) is 35.9 Å². The number of hydrogen-bond acceptors (Lipinski definition) is 9. The Labute approximate surface area is 180 Å². The lowest BCUT2D eigenvalue weighted by molar-refractivity contribution is -0.385. The van der Waals surface area contributed by atoms with Gasteiger partial charge in [-0.2, -0.15) is 5.10 Å². The van der Waals surface area contributed by atoms with Crippen LogP contribution in [-0.2, 0) is 0 Å². The first-order valence-electron chi connectivity index (χ1n) is 8.91. The number of rotatable bonds is 8. The highest BCUT2D eigenvalue weighted by Crippen LogP contribution is 2.31. The summed E-state index contributed by atoms with van der Waals surface area (Å²) in [5, 5.41) is 25.2. The second kappa shape index (κ2) is 9.75.